The maximum atomic E-state index is 14.8. The van der Waals surface area contributed by atoms with Gasteiger partial charge in [0.25, 0.3) is 17.7 Å². The van der Waals surface area contributed by atoms with Gasteiger partial charge in [0.1, 0.15) is 0 Å². The lowest BCUT2D eigenvalue weighted by atomic mass is 9.82. The number of nitrogens with zero attached hydrogens (tertiary/aromatic N) is 2. The smallest absolute Gasteiger partial charge is 0.266 e. The van der Waals surface area contributed by atoms with E-state index in [0.717, 1.165) is 60.3 Å². The summed E-state index contributed by atoms with van der Waals surface area (Å²) < 4.78 is 0. The summed E-state index contributed by atoms with van der Waals surface area (Å²) in [5, 5.41) is 17.4. The molecule has 278 valence electrons. The van der Waals surface area contributed by atoms with E-state index in [9.17, 15) is 19.5 Å². The monoisotopic (exact) mass is 728 g/mol. The number of imide groups is 1. The topological polar surface area (TPSA) is 77.9 Å². The molecule has 0 radical (unpaired) electrons. The number of hydrogen-bond donors (Lipinski definition) is 1. The lowest BCUT2D eigenvalue weighted by Gasteiger charge is -2.33. The summed E-state index contributed by atoms with van der Waals surface area (Å²) in [5.41, 5.74) is 7.92. The number of carbonyl (C=O) groups is 3. The van der Waals surface area contributed by atoms with E-state index in [1.807, 2.05) is 73.8 Å². The molecular weight excluding hydrogens is 681 g/mol. The van der Waals surface area contributed by atoms with E-state index in [4.69, 9.17) is 0 Å². The Balaban J connectivity index is 1.37. The van der Waals surface area contributed by atoms with Crippen molar-refractivity contribution in [2.24, 2.45) is 0 Å². The van der Waals surface area contributed by atoms with E-state index in [1.54, 1.807) is 4.90 Å². The summed E-state index contributed by atoms with van der Waals surface area (Å²) in [4.78, 5) is 47.3. The first-order valence-corrected chi connectivity index (χ1v) is 19.5. The third kappa shape index (κ3) is 5.29. The standard InChI is InChI=1S/C49H48N2O4/c1-25(2)30-12-10-13-31(26(3)4)45(30)50(9)47(53)38-21-18-35-37-20-23-40-44-39(22-19-36(43(37)44)34-17-16-29(24-52)41(38)42(34)35)48(54)51(49(40)55)46-32(27(5)6)14-11-15-33(46)28(7)8/h10-23,25-28,52H,24H2,1-9H3. The first-order chi connectivity index (χ1) is 26.3. The highest BCUT2D eigenvalue weighted by atomic mass is 16.3. The van der Waals surface area contributed by atoms with Crippen molar-refractivity contribution >= 4 is 72.2 Å². The molecule has 6 heteroatoms. The number of hydrogen-bond acceptors (Lipinski definition) is 4. The zero-order chi connectivity index (χ0) is 39.2. The maximum absolute atomic E-state index is 14.8. The average Bonchev–Trinajstić information content (AvgIpc) is 3.17. The number of carbonyl (C=O) groups excluding carboxylic acids is 3. The zero-order valence-electron chi connectivity index (χ0n) is 33.2. The SMILES string of the molecule is CC(C)c1cccc(C(C)C)c1N(C)C(=O)c1ccc2c3ccc4c5c(ccc(c6ccc(CO)c1c62)c53)C(=O)N(c1c(C(C)C)cccc1C(C)C)C4=O. The molecule has 6 nitrogen and oxygen atoms in total. The highest BCUT2D eigenvalue weighted by molar-refractivity contribution is 6.43. The van der Waals surface area contributed by atoms with Crippen LogP contribution in [0.3, 0.4) is 0 Å². The van der Waals surface area contributed by atoms with E-state index in [2.05, 4.69) is 73.6 Å². The van der Waals surface area contributed by atoms with Gasteiger partial charge in [-0.2, -0.15) is 0 Å². The Morgan fingerprint density at radius 3 is 1.44 bits per heavy atom. The molecule has 0 unspecified atom stereocenters. The zero-order valence-corrected chi connectivity index (χ0v) is 33.2. The summed E-state index contributed by atoms with van der Waals surface area (Å²) in [6.45, 7) is 16.7. The molecule has 1 N–H and O–H groups in total. The van der Waals surface area contributed by atoms with Crippen molar-refractivity contribution in [1.82, 2.24) is 0 Å². The van der Waals surface area contributed by atoms with Crippen LogP contribution < -0.4 is 9.80 Å². The second-order valence-corrected chi connectivity index (χ2v) is 16.4. The Bertz CT molecular complexity index is 2610. The largest absolute Gasteiger partial charge is 0.392 e. The van der Waals surface area contributed by atoms with Gasteiger partial charge in [-0.3, -0.25) is 14.4 Å². The van der Waals surface area contributed by atoms with Crippen molar-refractivity contribution in [1.29, 1.82) is 0 Å². The molecule has 0 fully saturated rings. The highest BCUT2D eigenvalue weighted by Gasteiger charge is 2.38. The van der Waals surface area contributed by atoms with E-state index in [-0.39, 0.29) is 48.0 Å². The van der Waals surface area contributed by atoms with E-state index in [0.29, 0.717) is 38.7 Å². The summed E-state index contributed by atoms with van der Waals surface area (Å²) in [7, 11) is 1.85. The van der Waals surface area contributed by atoms with Crippen LogP contribution in [0, 0.1) is 0 Å². The van der Waals surface area contributed by atoms with Crippen molar-refractivity contribution in [3.63, 3.8) is 0 Å². The molecule has 1 aliphatic rings. The third-order valence-corrected chi connectivity index (χ3v) is 11.8. The van der Waals surface area contributed by atoms with Crippen LogP contribution in [0.5, 0.6) is 0 Å². The van der Waals surface area contributed by atoms with Crippen LogP contribution in [0.4, 0.5) is 11.4 Å². The predicted molar refractivity (Wildman–Crippen MR) is 227 cm³/mol. The van der Waals surface area contributed by atoms with E-state index < -0.39 is 0 Å². The molecular formula is C49H48N2O4. The van der Waals surface area contributed by atoms with Gasteiger partial charge in [-0.1, -0.05) is 122 Å². The number of para-hydroxylation sites is 2. The van der Waals surface area contributed by atoms with Crippen molar-refractivity contribution in [3.05, 3.63) is 129 Å². The molecule has 0 spiro atoms. The van der Waals surface area contributed by atoms with Gasteiger partial charge in [-0.05, 0) is 102 Å². The molecule has 1 heterocycles. The van der Waals surface area contributed by atoms with Crippen molar-refractivity contribution in [2.45, 2.75) is 85.7 Å². The van der Waals surface area contributed by atoms with Gasteiger partial charge in [0, 0.05) is 34.5 Å². The number of fused-ring (bicyclic) bond motifs is 2. The molecule has 1 aliphatic heterocycles. The lowest BCUT2D eigenvalue weighted by Crippen LogP contribution is -2.41. The maximum Gasteiger partial charge on any atom is 0.266 e. The molecule has 0 saturated carbocycles. The first kappa shape index (κ1) is 36.4. The fraction of sp³-hybridized carbons (Fsp3) is 0.286. The second kappa shape index (κ2) is 13.3. The Hall–Kier alpha value is -5.59. The Morgan fingerprint density at radius 2 is 0.982 bits per heavy atom. The van der Waals surface area contributed by atoms with Crippen LogP contribution in [0.2, 0.25) is 0 Å². The first-order valence-electron chi connectivity index (χ1n) is 19.5. The quantitative estimate of drug-likeness (QED) is 0.0960. The Kier molecular flexibility index (Phi) is 8.81. The van der Waals surface area contributed by atoms with Crippen molar-refractivity contribution in [2.75, 3.05) is 16.8 Å². The Morgan fingerprint density at radius 1 is 0.564 bits per heavy atom. The summed E-state index contributed by atoms with van der Waals surface area (Å²) in [6.07, 6.45) is 0. The minimum Gasteiger partial charge on any atom is -0.392 e. The van der Waals surface area contributed by atoms with Gasteiger partial charge in [0.05, 0.1) is 18.0 Å². The summed E-state index contributed by atoms with van der Waals surface area (Å²) in [5.74, 6) is -0.178. The summed E-state index contributed by atoms with van der Waals surface area (Å²) >= 11 is 0. The fourth-order valence-electron chi connectivity index (χ4n) is 9.11. The normalized spacial score (nSPS) is 13.4. The number of rotatable bonds is 8. The van der Waals surface area contributed by atoms with Gasteiger partial charge in [0.2, 0.25) is 0 Å². The number of amides is 3. The lowest BCUT2D eigenvalue weighted by molar-refractivity contribution is 0.0891. The van der Waals surface area contributed by atoms with Gasteiger partial charge < -0.3 is 10.0 Å². The van der Waals surface area contributed by atoms with Gasteiger partial charge >= 0.3 is 0 Å². The van der Waals surface area contributed by atoms with Crippen LogP contribution >= 0.6 is 0 Å². The second-order valence-electron chi connectivity index (χ2n) is 16.4. The summed E-state index contributed by atoms with van der Waals surface area (Å²) in [6, 6.07) is 27.8. The molecule has 3 amide bonds. The molecule has 55 heavy (non-hydrogen) atoms. The van der Waals surface area contributed by atoms with Crippen molar-refractivity contribution in [3.8, 4) is 0 Å². The molecule has 0 aromatic heterocycles. The molecule has 7 aromatic carbocycles. The van der Waals surface area contributed by atoms with Crippen LogP contribution in [-0.2, 0) is 6.61 Å². The van der Waals surface area contributed by atoms with Gasteiger partial charge in [0.15, 0.2) is 0 Å². The fourth-order valence-corrected chi connectivity index (χ4v) is 9.11. The minimum absolute atomic E-state index is 0.102. The van der Waals surface area contributed by atoms with Crippen LogP contribution in [0.15, 0.2) is 84.9 Å². The molecule has 8 rings (SSSR count). The third-order valence-electron chi connectivity index (χ3n) is 11.8. The van der Waals surface area contributed by atoms with Crippen LogP contribution in [0.1, 0.15) is 138 Å². The van der Waals surface area contributed by atoms with Gasteiger partial charge in [-0.25, -0.2) is 4.90 Å². The minimum atomic E-state index is -0.325. The van der Waals surface area contributed by atoms with E-state index in [1.165, 1.54) is 4.90 Å². The number of aliphatic hydroxyl groups excluding tert-OH is 1. The van der Waals surface area contributed by atoms with Crippen LogP contribution in [-0.4, -0.2) is 29.9 Å². The predicted octanol–water partition coefficient (Wildman–Crippen LogP) is 11.8. The van der Waals surface area contributed by atoms with E-state index >= 15 is 0 Å². The van der Waals surface area contributed by atoms with Crippen LogP contribution in [0.25, 0.3) is 43.1 Å². The average molecular weight is 729 g/mol. The van der Waals surface area contributed by atoms with Crippen molar-refractivity contribution < 1.29 is 19.5 Å². The van der Waals surface area contributed by atoms with Gasteiger partial charge in [-0.15, -0.1) is 0 Å². The molecule has 0 saturated heterocycles. The number of benzene rings is 7. The highest BCUT2D eigenvalue weighted by Crippen LogP contribution is 2.47. The molecule has 0 atom stereocenters. The molecule has 0 bridgehead atoms. The molecule has 0 aliphatic carbocycles. The Labute approximate surface area is 322 Å². The number of aliphatic hydroxyl groups is 1. The number of anilines is 2. The molecule has 7 aromatic rings.